The Bertz CT molecular complexity index is 1320. The van der Waals surface area contributed by atoms with Crippen LogP contribution in [0.5, 0.6) is 5.75 Å². The number of alkyl halides is 1. The summed E-state index contributed by atoms with van der Waals surface area (Å²) in [5.41, 5.74) is 13.5. The molecule has 5 atom stereocenters. The predicted molar refractivity (Wildman–Crippen MR) is 108 cm³/mol. The normalized spacial score (nSPS) is 31.0. The number of aromatic nitrogens is 4. The van der Waals surface area contributed by atoms with Crippen LogP contribution in [0.25, 0.3) is 21.6 Å². The van der Waals surface area contributed by atoms with Crippen LogP contribution < -0.4 is 10.3 Å². The van der Waals surface area contributed by atoms with Crippen molar-refractivity contribution in [2.75, 3.05) is 12.3 Å². The van der Waals surface area contributed by atoms with E-state index in [2.05, 4.69) is 25.0 Å². The summed E-state index contributed by atoms with van der Waals surface area (Å²) in [5.74, 6) is 0.337. The van der Waals surface area contributed by atoms with Crippen molar-refractivity contribution in [3.63, 3.8) is 0 Å². The number of phosphoric acid groups is 1. The summed E-state index contributed by atoms with van der Waals surface area (Å²) in [6.45, 7) is -0.903. The lowest BCUT2D eigenvalue weighted by molar-refractivity contribution is -0.121. The molecule has 1 unspecified atom stereocenters. The highest BCUT2D eigenvalue weighted by Gasteiger charge is 2.57. The van der Waals surface area contributed by atoms with Crippen molar-refractivity contribution in [2.24, 2.45) is 5.11 Å². The monoisotopic (exact) mass is 478 g/mol. The zero-order valence-electron chi connectivity index (χ0n) is 16.6. The number of imidazole rings is 1. The molecule has 2 aromatic heterocycles. The minimum Gasteiger partial charge on any atom is -0.404 e. The van der Waals surface area contributed by atoms with Gasteiger partial charge < -0.3 is 20.1 Å². The highest BCUT2D eigenvalue weighted by Crippen LogP contribution is 2.55. The first kappa shape index (κ1) is 21.5. The fourth-order valence-electron chi connectivity index (χ4n) is 3.56. The van der Waals surface area contributed by atoms with E-state index in [-0.39, 0.29) is 29.3 Å². The lowest BCUT2D eigenvalue weighted by atomic mass is 10.1. The van der Waals surface area contributed by atoms with Gasteiger partial charge in [0, 0.05) is 10.5 Å². The first-order valence-electron chi connectivity index (χ1n) is 9.52. The molecule has 0 spiro atoms. The molecule has 2 aliphatic rings. The van der Waals surface area contributed by atoms with Crippen LogP contribution in [-0.2, 0) is 25.0 Å². The molecule has 0 bridgehead atoms. The van der Waals surface area contributed by atoms with Crippen molar-refractivity contribution >= 4 is 24.8 Å². The molecule has 5 rings (SSSR count). The molecule has 14 nitrogen and oxygen atoms in total. The highest BCUT2D eigenvalue weighted by molar-refractivity contribution is 7.49. The minimum absolute atomic E-state index is 0.0577. The molecule has 1 saturated heterocycles. The van der Waals surface area contributed by atoms with Gasteiger partial charge in [-0.1, -0.05) is 23.3 Å². The van der Waals surface area contributed by atoms with Crippen LogP contribution in [0.2, 0.25) is 0 Å². The first-order chi connectivity index (χ1) is 15.9. The maximum absolute atomic E-state index is 15.2. The van der Waals surface area contributed by atoms with Gasteiger partial charge in [0.2, 0.25) is 5.72 Å². The standard InChI is InChI=1S/C17H16FN8O6P/c18-11-13(27)17(24-25-20,6-30-33(28)29-5-9-3-1-2-4-10(9)32-33)31-16(11)26-8-23-12-14(19)21-7-22-15(12)26/h1-4,7-8,11,13,16,27H,5-6H2,(H2,19,21,22)/t11-,13+,16-,17-,33?/m1/s1. The number of nitrogens with zero attached hydrogens (tertiary/aromatic N) is 7. The molecule has 0 saturated carbocycles. The Morgan fingerprint density at radius 1 is 1.42 bits per heavy atom. The Morgan fingerprint density at radius 2 is 2.24 bits per heavy atom. The van der Waals surface area contributed by atoms with E-state index in [1.54, 1.807) is 24.3 Å². The zero-order chi connectivity index (χ0) is 23.2. The number of aliphatic hydroxyl groups excluding tert-OH is 1. The molecule has 0 aliphatic carbocycles. The smallest absolute Gasteiger partial charge is 0.404 e. The van der Waals surface area contributed by atoms with E-state index < -0.39 is 38.7 Å². The van der Waals surface area contributed by atoms with E-state index in [9.17, 15) is 9.67 Å². The number of rotatable bonds is 5. The molecule has 1 aromatic carbocycles. The number of azide groups is 1. The van der Waals surface area contributed by atoms with Gasteiger partial charge in [-0.25, -0.2) is 23.9 Å². The molecule has 4 heterocycles. The Labute approximate surface area is 184 Å². The molecule has 33 heavy (non-hydrogen) atoms. The Kier molecular flexibility index (Phi) is 5.16. The van der Waals surface area contributed by atoms with E-state index >= 15 is 4.39 Å². The largest absolute Gasteiger partial charge is 0.530 e. The number of fused-ring (bicyclic) bond motifs is 2. The summed E-state index contributed by atoms with van der Waals surface area (Å²) in [5, 5.41) is 14.0. The van der Waals surface area contributed by atoms with Gasteiger partial charge in [0.1, 0.15) is 23.7 Å². The van der Waals surface area contributed by atoms with Crippen LogP contribution in [0, 0.1) is 0 Å². The van der Waals surface area contributed by atoms with Crippen LogP contribution in [0.15, 0.2) is 42.0 Å². The number of phosphoric ester groups is 1. The number of para-hydroxylation sites is 1. The molecule has 1 fully saturated rings. The van der Waals surface area contributed by atoms with Gasteiger partial charge in [-0.2, -0.15) is 0 Å². The maximum atomic E-state index is 15.2. The predicted octanol–water partition coefficient (Wildman–Crippen LogP) is 2.38. The summed E-state index contributed by atoms with van der Waals surface area (Å²) in [7, 11) is -4.19. The SMILES string of the molecule is [N-]=[N+]=N[C@]1(COP2(=O)OCc3ccccc3O2)O[C@@H](n2cnc3c(N)ncnc32)[C@H](F)[C@@H]1O. The van der Waals surface area contributed by atoms with Crippen LogP contribution in [0.3, 0.4) is 0 Å². The average Bonchev–Trinajstić information content (AvgIpc) is 3.34. The summed E-state index contributed by atoms with van der Waals surface area (Å²) >= 11 is 0. The van der Waals surface area contributed by atoms with Crippen molar-refractivity contribution in [2.45, 2.75) is 30.8 Å². The van der Waals surface area contributed by atoms with Crippen molar-refractivity contribution in [3.05, 3.63) is 52.9 Å². The van der Waals surface area contributed by atoms with Crippen molar-refractivity contribution < 1.29 is 32.4 Å². The summed E-state index contributed by atoms with van der Waals surface area (Å²) in [6, 6.07) is 6.71. The third kappa shape index (κ3) is 3.56. The van der Waals surface area contributed by atoms with Crippen LogP contribution in [-0.4, -0.2) is 49.2 Å². The molecule has 172 valence electrons. The number of halogens is 1. The maximum Gasteiger partial charge on any atom is 0.530 e. The highest BCUT2D eigenvalue weighted by atomic mass is 31.2. The number of nitrogen functional groups attached to an aromatic ring is 1. The van der Waals surface area contributed by atoms with E-state index in [0.717, 1.165) is 6.33 Å². The molecule has 16 heteroatoms. The van der Waals surface area contributed by atoms with Gasteiger partial charge in [0.05, 0.1) is 19.5 Å². The van der Waals surface area contributed by atoms with Gasteiger partial charge in [-0.3, -0.25) is 13.6 Å². The summed E-state index contributed by atoms with van der Waals surface area (Å²) in [6.07, 6.45) is -3.29. The minimum atomic E-state index is -4.19. The van der Waals surface area contributed by atoms with Gasteiger partial charge in [0.25, 0.3) is 0 Å². The van der Waals surface area contributed by atoms with Gasteiger partial charge >= 0.3 is 7.82 Å². The Morgan fingerprint density at radius 3 is 3.06 bits per heavy atom. The number of aliphatic hydroxyl groups is 1. The second-order valence-electron chi connectivity index (χ2n) is 7.21. The molecule has 3 N–H and O–H groups in total. The number of nitrogens with two attached hydrogens (primary N) is 1. The van der Waals surface area contributed by atoms with Crippen LogP contribution in [0.4, 0.5) is 10.2 Å². The van der Waals surface area contributed by atoms with Crippen LogP contribution in [0.1, 0.15) is 11.8 Å². The fourth-order valence-corrected chi connectivity index (χ4v) is 4.80. The van der Waals surface area contributed by atoms with Crippen molar-refractivity contribution in [1.82, 2.24) is 19.5 Å². The first-order valence-corrected chi connectivity index (χ1v) is 11.0. The fraction of sp³-hybridized carbons (Fsp3) is 0.353. The molecule has 0 radical (unpaired) electrons. The lowest BCUT2D eigenvalue weighted by Gasteiger charge is -2.30. The van der Waals surface area contributed by atoms with E-state index in [1.807, 2.05) is 0 Å². The zero-order valence-corrected chi connectivity index (χ0v) is 17.5. The molecule has 3 aromatic rings. The number of hydrogen-bond acceptors (Lipinski definition) is 11. The number of anilines is 1. The molecule has 2 aliphatic heterocycles. The van der Waals surface area contributed by atoms with E-state index in [0.29, 0.717) is 5.56 Å². The lowest BCUT2D eigenvalue weighted by Crippen LogP contribution is -2.44. The third-order valence-corrected chi connectivity index (χ3v) is 6.54. The van der Waals surface area contributed by atoms with Gasteiger partial charge in [0.15, 0.2) is 23.9 Å². The Balaban J connectivity index is 1.42. The Hall–Kier alpha value is -3.32. The second-order valence-corrected chi connectivity index (χ2v) is 8.80. The number of hydrogen-bond donors (Lipinski definition) is 2. The third-order valence-electron chi connectivity index (χ3n) is 5.23. The second kappa shape index (κ2) is 7.92. The quantitative estimate of drug-likeness (QED) is 0.238. The van der Waals surface area contributed by atoms with Crippen molar-refractivity contribution in [1.29, 1.82) is 0 Å². The average molecular weight is 478 g/mol. The summed E-state index contributed by atoms with van der Waals surface area (Å²) < 4.78 is 50.7. The summed E-state index contributed by atoms with van der Waals surface area (Å²) in [4.78, 5) is 14.5. The van der Waals surface area contributed by atoms with Crippen LogP contribution >= 0.6 is 7.82 Å². The molecule has 0 amide bonds. The van der Waals surface area contributed by atoms with Gasteiger partial charge in [-0.15, -0.1) is 0 Å². The molecular formula is C17H16FN8O6P. The van der Waals surface area contributed by atoms with Gasteiger partial charge in [-0.05, 0) is 11.6 Å². The van der Waals surface area contributed by atoms with Crippen molar-refractivity contribution in [3.8, 4) is 5.75 Å². The topological polar surface area (TPSA) is 193 Å². The van der Waals surface area contributed by atoms with E-state index in [4.69, 9.17) is 29.6 Å². The number of ether oxygens (including phenoxy) is 1. The van der Waals surface area contributed by atoms with E-state index in [1.165, 1.54) is 10.9 Å². The number of benzene rings is 1. The molecular weight excluding hydrogens is 462 g/mol.